The molecule has 1 atom stereocenters. The van der Waals surface area contributed by atoms with Crippen molar-refractivity contribution in [1.29, 1.82) is 0 Å². The van der Waals surface area contributed by atoms with Crippen molar-refractivity contribution in [2.45, 2.75) is 38.5 Å². The third kappa shape index (κ3) is 5.64. The van der Waals surface area contributed by atoms with Crippen LogP contribution in [-0.2, 0) is 22.3 Å². The highest BCUT2D eigenvalue weighted by molar-refractivity contribution is 5.78. The van der Waals surface area contributed by atoms with Crippen LogP contribution in [-0.4, -0.2) is 33.0 Å². The normalized spacial score (nSPS) is 12.8. The van der Waals surface area contributed by atoms with E-state index in [4.69, 9.17) is 10.8 Å². The number of alkyl halides is 3. The molecule has 7 nitrogen and oxygen atoms in total. The number of nitrogens with zero attached hydrogens (tertiary/aromatic N) is 2. The molecule has 22 heavy (non-hydrogen) atoms. The molecule has 0 saturated carbocycles. The minimum Gasteiger partial charge on any atom is -0.480 e. The number of carboxylic acids is 1. The van der Waals surface area contributed by atoms with Crippen LogP contribution in [0.15, 0.2) is 6.07 Å². The maximum absolute atomic E-state index is 12.6. The van der Waals surface area contributed by atoms with Gasteiger partial charge in [0.1, 0.15) is 17.6 Å². The van der Waals surface area contributed by atoms with Gasteiger partial charge in [0, 0.05) is 12.1 Å². The Kier molecular flexibility index (Phi) is 5.80. The maximum Gasteiger partial charge on any atom is 0.433 e. The number of hydrogen-bond acceptors (Lipinski definition) is 5. The van der Waals surface area contributed by atoms with Crippen LogP contribution in [0.1, 0.15) is 30.1 Å². The van der Waals surface area contributed by atoms with Crippen LogP contribution >= 0.6 is 0 Å². The number of carboxylic acid groups (broad SMARTS) is 1. The van der Waals surface area contributed by atoms with Crippen molar-refractivity contribution in [3.63, 3.8) is 0 Å². The Morgan fingerprint density at radius 1 is 1.41 bits per heavy atom. The summed E-state index contributed by atoms with van der Waals surface area (Å²) in [5.74, 6) is -1.96. The van der Waals surface area contributed by atoms with E-state index in [2.05, 4.69) is 15.3 Å². The predicted molar refractivity (Wildman–Crippen MR) is 68.5 cm³/mol. The molecule has 1 rings (SSSR count). The molecule has 0 aliphatic rings. The zero-order valence-corrected chi connectivity index (χ0v) is 11.6. The first kappa shape index (κ1) is 17.8. The summed E-state index contributed by atoms with van der Waals surface area (Å²) in [5, 5.41) is 10.9. The molecule has 0 radical (unpaired) electrons. The average molecular weight is 320 g/mol. The van der Waals surface area contributed by atoms with E-state index in [0.29, 0.717) is 0 Å². The second kappa shape index (κ2) is 7.16. The largest absolute Gasteiger partial charge is 0.480 e. The molecule has 0 spiro atoms. The summed E-state index contributed by atoms with van der Waals surface area (Å²) in [4.78, 5) is 29.1. The third-order valence-electron chi connectivity index (χ3n) is 2.63. The highest BCUT2D eigenvalue weighted by Crippen LogP contribution is 2.27. The van der Waals surface area contributed by atoms with Gasteiger partial charge in [-0.1, -0.05) is 0 Å². The summed E-state index contributed by atoms with van der Waals surface area (Å²) < 4.78 is 37.8. The van der Waals surface area contributed by atoms with Crippen molar-refractivity contribution in [1.82, 2.24) is 15.3 Å². The van der Waals surface area contributed by atoms with Gasteiger partial charge in [-0.05, 0) is 19.4 Å². The fraction of sp³-hybridized carbons (Fsp3) is 0.500. The van der Waals surface area contributed by atoms with Gasteiger partial charge in [0.25, 0.3) is 0 Å². The molecule has 10 heteroatoms. The number of amides is 1. The van der Waals surface area contributed by atoms with Crippen LogP contribution < -0.4 is 11.1 Å². The van der Waals surface area contributed by atoms with E-state index in [1.807, 2.05) is 0 Å². The molecule has 1 aromatic heterocycles. The highest BCUT2D eigenvalue weighted by Gasteiger charge is 2.33. The molecule has 0 bridgehead atoms. The summed E-state index contributed by atoms with van der Waals surface area (Å²) in [6.07, 6.45) is -4.84. The number of aliphatic carboxylic acids is 1. The molecule has 0 aliphatic heterocycles. The molecule has 1 heterocycles. The summed E-state index contributed by atoms with van der Waals surface area (Å²) >= 11 is 0. The van der Waals surface area contributed by atoms with E-state index < -0.39 is 29.8 Å². The van der Waals surface area contributed by atoms with E-state index in [9.17, 15) is 22.8 Å². The lowest BCUT2D eigenvalue weighted by Gasteiger charge is -2.10. The van der Waals surface area contributed by atoms with Crippen LogP contribution in [0.3, 0.4) is 0 Å². The third-order valence-corrected chi connectivity index (χ3v) is 2.63. The molecule has 0 aromatic carbocycles. The zero-order valence-electron chi connectivity index (χ0n) is 11.6. The number of halogens is 3. The molecule has 0 fully saturated rings. The molecule has 1 amide bonds. The number of rotatable bonds is 6. The Labute approximate surface area is 123 Å². The quantitative estimate of drug-likeness (QED) is 0.707. The van der Waals surface area contributed by atoms with Crippen molar-refractivity contribution in [3.05, 3.63) is 23.3 Å². The number of aromatic nitrogens is 2. The molecular formula is C12H15F3N4O3. The molecule has 0 aliphatic carbocycles. The van der Waals surface area contributed by atoms with Crippen molar-refractivity contribution >= 4 is 11.9 Å². The number of nitrogens with one attached hydrogen (secondary N) is 1. The highest BCUT2D eigenvalue weighted by atomic mass is 19.4. The summed E-state index contributed by atoms with van der Waals surface area (Å²) in [6.45, 7) is 1.10. The predicted octanol–water partition coefficient (Wildman–Crippen LogP) is 0.612. The van der Waals surface area contributed by atoms with Gasteiger partial charge in [-0.2, -0.15) is 13.2 Å². The van der Waals surface area contributed by atoms with Crippen LogP contribution in [0.25, 0.3) is 0 Å². The van der Waals surface area contributed by atoms with Crippen molar-refractivity contribution in [2.24, 2.45) is 5.73 Å². The fourth-order valence-corrected chi connectivity index (χ4v) is 1.53. The molecule has 1 aromatic rings. The number of carbonyl (C=O) groups is 2. The van der Waals surface area contributed by atoms with Gasteiger partial charge < -0.3 is 16.2 Å². The second-order valence-corrected chi connectivity index (χ2v) is 4.57. The minimum absolute atomic E-state index is 0.0797. The van der Waals surface area contributed by atoms with E-state index in [1.165, 1.54) is 6.92 Å². The van der Waals surface area contributed by atoms with Gasteiger partial charge in [0.15, 0.2) is 0 Å². The molecule has 122 valence electrons. The van der Waals surface area contributed by atoms with E-state index >= 15 is 0 Å². The zero-order chi connectivity index (χ0) is 16.9. The van der Waals surface area contributed by atoms with Crippen molar-refractivity contribution < 1.29 is 27.9 Å². The van der Waals surface area contributed by atoms with Crippen LogP contribution in [0.5, 0.6) is 0 Å². The Bertz CT molecular complexity index is 563. The van der Waals surface area contributed by atoms with E-state index in [-0.39, 0.29) is 30.9 Å². The van der Waals surface area contributed by atoms with E-state index in [1.54, 1.807) is 0 Å². The smallest absolute Gasteiger partial charge is 0.433 e. The van der Waals surface area contributed by atoms with Gasteiger partial charge in [-0.15, -0.1) is 0 Å². The Hall–Kier alpha value is -2.23. The van der Waals surface area contributed by atoms with E-state index in [0.717, 1.165) is 6.07 Å². The van der Waals surface area contributed by atoms with Gasteiger partial charge in [-0.3, -0.25) is 9.59 Å². The Balaban J connectivity index is 2.59. The maximum atomic E-state index is 12.6. The number of carbonyl (C=O) groups excluding carboxylic acids is 1. The first-order valence-corrected chi connectivity index (χ1v) is 6.26. The minimum atomic E-state index is -4.60. The van der Waals surface area contributed by atoms with Gasteiger partial charge in [-0.25, -0.2) is 9.97 Å². The number of hydrogen-bond donors (Lipinski definition) is 3. The lowest BCUT2D eigenvalue weighted by atomic mass is 10.1. The van der Waals surface area contributed by atoms with Gasteiger partial charge >= 0.3 is 12.1 Å². The first-order chi connectivity index (χ1) is 10.1. The van der Waals surface area contributed by atoms with Gasteiger partial charge in [0.05, 0.1) is 6.54 Å². The van der Waals surface area contributed by atoms with Crippen LogP contribution in [0.2, 0.25) is 0 Å². The Morgan fingerprint density at radius 2 is 2.05 bits per heavy atom. The second-order valence-electron chi connectivity index (χ2n) is 4.57. The summed E-state index contributed by atoms with van der Waals surface area (Å²) in [7, 11) is 0. The average Bonchev–Trinajstić information content (AvgIpc) is 2.40. The topological polar surface area (TPSA) is 118 Å². The lowest BCUT2D eigenvalue weighted by molar-refractivity contribution is -0.141. The molecule has 4 N–H and O–H groups in total. The summed E-state index contributed by atoms with van der Waals surface area (Å²) in [6, 6.07) is -0.366. The molecule has 0 saturated heterocycles. The SMILES string of the molecule is Cc1cc(C(F)(F)F)nc(CNC(=O)CC[C@H](N)C(=O)O)n1. The lowest BCUT2D eigenvalue weighted by Crippen LogP contribution is -2.32. The van der Waals surface area contributed by atoms with Crippen molar-refractivity contribution in [3.8, 4) is 0 Å². The van der Waals surface area contributed by atoms with Crippen LogP contribution in [0.4, 0.5) is 13.2 Å². The Morgan fingerprint density at radius 3 is 2.59 bits per heavy atom. The fourth-order valence-electron chi connectivity index (χ4n) is 1.53. The van der Waals surface area contributed by atoms with Gasteiger partial charge in [0.2, 0.25) is 5.91 Å². The monoisotopic (exact) mass is 320 g/mol. The number of aryl methyl sites for hydroxylation is 1. The molecular weight excluding hydrogens is 305 g/mol. The number of nitrogens with two attached hydrogens (primary N) is 1. The van der Waals surface area contributed by atoms with Crippen LogP contribution in [0, 0.1) is 6.92 Å². The molecule has 0 unspecified atom stereocenters. The van der Waals surface area contributed by atoms with Crippen molar-refractivity contribution in [2.75, 3.05) is 0 Å². The standard InChI is InChI=1S/C12H15F3N4O3/c1-6-4-8(12(13,14)15)19-9(18-6)5-17-10(20)3-2-7(16)11(21)22/h4,7H,2-3,5,16H2,1H3,(H,17,20)(H,21,22)/t7-/m0/s1. The summed E-state index contributed by atoms with van der Waals surface area (Å²) in [5.41, 5.74) is 4.27. The first-order valence-electron chi connectivity index (χ1n) is 6.26.